The van der Waals surface area contributed by atoms with Crippen LogP contribution in [0.1, 0.15) is 10.7 Å². The van der Waals surface area contributed by atoms with Gasteiger partial charge in [0.25, 0.3) is 0 Å². The van der Waals surface area contributed by atoms with Crippen LogP contribution in [0.4, 0.5) is 11.4 Å². The van der Waals surface area contributed by atoms with Crippen LogP contribution >= 0.6 is 22.7 Å². The van der Waals surface area contributed by atoms with E-state index in [1.165, 1.54) is 11.3 Å². The third-order valence-corrected chi connectivity index (χ3v) is 4.64. The monoisotopic (exact) mass is 320 g/mol. The summed E-state index contributed by atoms with van der Waals surface area (Å²) in [7, 11) is 0. The van der Waals surface area contributed by atoms with Crippen molar-refractivity contribution in [1.29, 1.82) is 0 Å². The Morgan fingerprint density at radius 3 is 2.95 bits per heavy atom. The van der Waals surface area contributed by atoms with Crippen molar-refractivity contribution in [3.8, 4) is 0 Å². The molecule has 2 aromatic heterocycles. The van der Waals surface area contributed by atoms with Crippen LogP contribution in [0.25, 0.3) is 10.2 Å². The van der Waals surface area contributed by atoms with Crippen LogP contribution in [0.5, 0.6) is 0 Å². The molecule has 0 aliphatic heterocycles. The Bertz CT molecular complexity index is 796. The van der Waals surface area contributed by atoms with Crippen molar-refractivity contribution >= 4 is 44.3 Å². The highest BCUT2D eigenvalue weighted by atomic mass is 32.1. The Hall–Kier alpha value is -2.06. The molecule has 108 valence electrons. The van der Waals surface area contributed by atoms with Crippen molar-refractivity contribution in [2.24, 2.45) is 0 Å². The first-order valence-corrected chi connectivity index (χ1v) is 8.06. The third-order valence-electron chi connectivity index (χ3n) is 3.02. The molecule has 0 aliphatic rings. The number of anilines is 1. The van der Waals surface area contributed by atoms with Gasteiger partial charge in [-0.1, -0.05) is 0 Å². The maximum Gasteiger partial charge on any atom is 0.319 e. The van der Waals surface area contributed by atoms with Gasteiger partial charge < -0.3 is 5.32 Å². The number of rotatable bonds is 5. The van der Waals surface area contributed by atoms with Crippen molar-refractivity contribution in [1.82, 2.24) is 9.97 Å². The lowest BCUT2D eigenvalue weighted by Gasteiger charge is -2.06. The molecule has 6 nitrogen and oxygen atoms in total. The van der Waals surface area contributed by atoms with Crippen LogP contribution in [0.2, 0.25) is 0 Å². The summed E-state index contributed by atoms with van der Waals surface area (Å²) in [5, 5.41) is 17.4. The van der Waals surface area contributed by atoms with Crippen molar-refractivity contribution in [3.05, 3.63) is 43.8 Å². The van der Waals surface area contributed by atoms with Crippen LogP contribution < -0.4 is 5.32 Å². The van der Waals surface area contributed by atoms with Crippen LogP contribution in [0.15, 0.2) is 23.0 Å². The molecule has 2 heterocycles. The molecule has 0 fully saturated rings. The quantitative estimate of drug-likeness (QED) is 0.573. The average Bonchev–Trinajstić information content (AvgIpc) is 3.06. The van der Waals surface area contributed by atoms with Gasteiger partial charge in [-0.25, -0.2) is 9.97 Å². The third kappa shape index (κ3) is 2.86. The standard InChI is InChI=1S/C13H12N4O2S2/c1-8-16-9(6-20-8)4-5-14-10-2-3-11-12(15-7-21-11)13(10)17(18)19/h2-3,6-7,14H,4-5H2,1H3. The van der Waals surface area contributed by atoms with Gasteiger partial charge in [-0.2, -0.15) is 0 Å². The zero-order valence-corrected chi connectivity index (χ0v) is 12.8. The second-order valence-electron chi connectivity index (χ2n) is 4.45. The molecule has 0 radical (unpaired) electrons. The largest absolute Gasteiger partial charge is 0.379 e. The van der Waals surface area contributed by atoms with E-state index in [2.05, 4.69) is 15.3 Å². The number of nitrogens with one attached hydrogen (secondary N) is 1. The molecule has 21 heavy (non-hydrogen) atoms. The van der Waals surface area contributed by atoms with E-state index < -0.39 is 0 Å². The van der Waals surface area contributed by atoms with Crippen molar-refractivity contribution in [2.75, 3.05) is 11.9 Å². The van der Waals surface area contributed by atoms with Gasteiger partial charge in [0.15, 0.2) is 5.52 Å². The summed E-state index contributed by atoms with van der Waals surface area (Å²) in [6.45, 7) is 2.56. The van der Waals surface area contributed by atoms with E-state index >= 15 is 0 Å². The predicted octanol–water partition coefficient (Wildman–Crippen LogP) is 3.62. The Balaban J connectivity index is 1.80. The fourth-order valence-corrected chi connectivity index (χ4v) is 3.42. The van der Waals surface area contributed by atoms with E-state index in [0.29, 0.717) is 17.7 Å². The number of thiazole rings is 2. The molecule has 3 aromatic rings. The summed E-state index contributed by atoms with van der Waals surface area (Å²) in [6.07, 6.45) is 0.733. The van der Waals surface area contributed by atoms with Gasteiger partial charge in [-0.3, -0.25) is 10.1 Å². The Labute approximate surface area is 128 Å². The van der Waals surface area contributed by atoms with Gasteiger partial charge in [0.05, 0.1) is 25.8 Å². The average molecular weight is 320 g/mol. The van der Waals surface area contributed by atoms with Crippen LogP contribution in [-0.2, 0) is 6.42 Å². The number of aromatic nitrogens is 2. The van der Waals surface area contributed by atoms with Crippen LogP contribution in [-0.4, -0.2) is 21.4 Å². The van der Waals surface area contributed by atoms with Crippen LogP contribution in [0.3, 0.4) is 0 Å². The second kappa shape index (κ2) is 5.74. The maximum atomic E-state index is 11.3. The van der Waals surface area contributed by atoms with Gasteiger partial charge in [0.1, 0.15) is 5.69 Å². The highest BCUT2D eigenvalue weighted by Crippen LogP contribution is 2.34. The van der Waals surface area contributed by atoms with E-state index in [0.717, 1.165) is 21.8 Å². The zero-order chi connectivity index (χ0) is 14.8. The summed E-state index contributed by atoms with van der Waals surface area (Å²) in [5.74, 6) is 0. The smallest absolute Gasteiger partial charge is 0.319 e. The normalized spacial score (nSPS) is 10.9. The minimum absolute atomic E-state index is 0.0446. The Morgan fingerprint density at radius 1 is 1.38 bits per heavy atom. The fraction of sp³-hybridized carbons (Fsp3) is 0.231. The highest BCUT2D eigenvalue weighted by molar-refractivity contribution is 7.16. The van der Waals surface area contributed by atoms with E-state index in [1.807, 2.05) is 18.4 Å². The van der Waals surface area contributed by atoms with E-state index in [1.54, 1.807) is 22.9 Å². The number of hydrogen-bond donors (Lipinski definition) is 1. The van der Waals surface area contributed by atoms with Gasteiger partial charge in [0.2, 0.25) is 0 Å². The number of nitro benzene ring substituents is 1. The molecule has 1 aromatic carbocycles. The highest BCUT2D eigenvalue weighted by Gasteiger charge is 2.20. The summed E-state index contributed by atoms with van der Waals surface area (Å²) >= 11 is 3.01. The molecule has 0 aliphatic carbocycles. The molecule has 0 saturated heterocycles. The van der Waals surface area contributed by atoms with E-state index in [4.69, 9.17) is 0 Å². The first kappa shape index (κ1) is 13.9. The van der Waals surface area contributed by atoms with Gasteiger partial charge in [0, 0.05) is 18.3 Å². The molecule has 3 rings (SSSR count). The number of fused-ring (bicyclic) bond motifs is 1. The topological polar surface area (TPSA) is 81.0 Å². The fourth-order valence-electron chi connectivity index (χ4n) is 2.09. The lowest BCUT2D eigenvalue weighted by Crippen LogP contribution is -2.07. The minimum atomic E-state index is -0.378. The van der Waals surface area contributed by atoms with E-state index in [-0.39, 0.29) is 10.6 Å². The molecule has 0 unspecified atom stereocenters. The van der Waals surface area contributed by atoms with Gasteiger partial charge in [-0.15, -0.1) is 22.7 Å². The van der Waals surface area contributed by atoms with Crippen molar-refractivity contribution in [3.63, 3.8) is 0 Å². The molecule has 0 amide bonds. The summed E-state index contributed by atoms with van der Waals surface area (Å²) in [5.41, 5.74) is 3.62. The summed E-state index contributed by atoms with van der Waals surface area (Å²) < 4.78 is 0.822. The minimum Gasteiger partial charge on any atom is -0.379 e. The molecule has 0 spiro atoms. The Morgan fingerprint density at radius 2 is 2.24 bits per heavy atom. The molecule has 0 atom stereocenters. The summed E-state index contributed by atoms with van der Waals surface area (Å²) in [6, 6.07) is 3.60. The zero-order valence-electron chi connectivity index (χ0n) is 11.2. The first-order chi connectivity index (χ1) is 10.1. The number of benzene rings is 1. The lowest BCUT2D eigenvalue weighted by molar-refractivity contribution is -0.382. The van der Waals surface area contributed by atoms with Gasteiger partial charge in [-0.05, 0) is 19.1 Å². The molecule has 0 bridgehead atoms. The molecule has 1 N–H and O–H groups in total. The molecular weight excluding hydrogens is 308 g/mol. The molecular formula is C13H12N4O2S2. The lowest BCUT2D eigenvalue weighted by atomic mass is 10.2. The maximum absolute atomic E-state index is 11.3. The van der Waals surface area contributed by atoms with Crippen molar-refractivity contribution < 1.29 is 4.92 Å². The SMILES string of the molecule is Cc1nc(CCNc2ccc3scnc3c2[N+](=O)[O-])cs1. The number of aryl methyl sites for hydroxylation is 1. The van der Waals surface area contributed by atoms with Crippen LogP contribution in [0, 0.1) is 17.0 Å². The predicted molar refractivity (Wildman–Crippen MR) is 85.3 cm³/mol. The number of nitro groups is 1. The van der Waals surface area contributed by atoms with Crippen molar-refractivity contribution in [2.45, 2.75) is 13.3 Å². The summed E-state index contributed by atoms with van der Waals surface area (Å²) in [4.78, 5) is 19.4. The van der Waals surface area contributed by atoms with Gasteiger partial charge >= 0.3 is 5.69 Å². The molecule has 0 saturated carbocycles. The number of hydrogen-bond acceptors (Lipinski definition) is 7. The Kier molecular flexibility index (Phi) is 3.80. The second-order valence-corrected chi connectivity index (χ2v) is 6.40. The molecule has 8 heteroatoms. The first-order valence-electron chi connectivity index (χ1n) is 6.30. The van der Waals surface area contributed by atoms with E-state index in [9.17, 15) is 10.1 Å². The number of nitrogens with zero attached hydrogens (tertiary/aromatic N) is 3.